The summed E-state index contributed by atoms with van der Waals surface area (Å²) in [5.41, 5.74) is -0.00739. The van der Waals surface area contributed by atoms with Crippen LogP contribution in [0, 0.1) is 0 Å². The normalized spacial score (nSPS) is 10.4. The van der Waals surface area contributed by atoms with E-state index in [9.17, 15) is 18.4 Å². The number of nitrogens with one attached hydrogen (secondary N) is 1. The van der Waals surface area contributed by atoms with Gasteiger partial charge in [-0.2, -0.15) is 8.78 Å². The second kappa shape index (κ2) is 10.3. The molecule has 0 aliphatic carbocycles. The van der Waals surface area contributed by atoms with Crippen LogP contribution in [0.25, 0.3) is 0 Å². The van der Waals surface area contributed by atoms with E-state index >= 15 is 0 Å². The van der Waals surface area contributed by atoms with Crippen LogP contribution in [0.5, 0.6) is 11.5 Å². The molecule has 2 rings (SSSR count). The zero-order valence-corrected chi connectivity index (χ0v) is 14.7. The van der Waals surface area contributed by atoms with Crippen LogP contribution in [0.4, 0.5) is 8.78 Å². The van der Waals surface area contributed by atoms with E-state index < -0.39 is 25.1 Å². The van der Waals surface area contributed by atoms with Gasteiger partial charge in [-0.3, -0.25) is 4.79 Å². The van der Waals surface area contributed by atoms with Crippen molar-refractivity contribution in [2.75, 3.05) is 19.8 Å². The van der Waals surface area contributed by atoms with Crippen molar-refractivity contribution in [1.29, 1.82) is 0 Å². The lowest BCUT2D eigenvalue weighted by Crippen LogP contribution is -2.32. The van der Waals surface area contributed by atoms with E-state index in [-0.39, 0.29) is 24.5 Å². The van der Waals surface area contributed by atoms with Crippen molar-refractivity contribution >= 4 is 23.5 Å². The fourth-order valence-corrected chi connectivity index (χ4v) is 2.08. The third kappa shape index (κ3) is 7.49. The van der Waals surface area contributed by atoms with E-state index in [1.807, 2.05) is 0 Å². The highest BCUT2D eigenvalue weighted by Gasteiger charge is 2.12. The summed E-state index contributed by atoms with van der Waals surface area (Å²) in [4.78, 5) is 23.5. The fraction of sp³-hybridized carbons (Fsp3) is 0.222. The van der Waals surface area contributed by atoms with Crippen molar-refractivity contribution in [3.63, 3.8) is 0 Å². The van der Waals surface area contributed by atoms with Crippen molar-refractivity contribution in [2.24, 2.45) is 0 Å². The molecule has 0 saturated carbocycles. The summed E-state index contributed by atoms with van der Waals surface area (Å²) in [7, 11) is 0. The summed E-state index contributed by atoms with van der Waals surface area (Å²) in [5, 5.41) is 3.10. The Balaban J connectivity index is 1.68. The van der Waals surface area contributed by atoms with Crippen LogP contribution in [-0.2, 0) is 9.53 Å². The lowest BCUT2D eigenvalue weighted by atomic mass is 10.2. The Kier molecular flexibility index (Phi) is 7.81. The zero-order chi connectivity index (χ0) is 19.6. The third-order valence-electron chi connectivity index (χ3n) is 3.14. The molecule has 2 aromatic rings. The van der Waals surface area contributed by atoms with Crippen molar-refractivity contribution in [3.05, 3.63) is 59.1 Å². The van der Waals surface area contributed by atoms with Crippen molar-refractivity contribution in [3.8, 4) is 11.5 Å². The molecule has 2 aromatic carbocycles. The number of benzene rings is 2. The molecule has 27 heavy (non-hydrogen) atoms. The van der Waals surface area contributed by atoms with Crippen molar-refractivity contribution in [1.82, 2.24) is 5.32 Å². The lowest BCUT2D eigenvalue weighted by molar-refractivity contribution is -0.124. The molecule has 0 unspecified atom stereocenters. The number of hydrogen-bond acceptors (Lipinski definition) is 5. The number of amides is 1. The second-order valence-corrected chi connectivity index (χ2v) is 5.57. The molecular formula is C18H16ClF2NO5. The topological polar surface area (TPSA) is 73.9 Å². The quantitative estimate of drug-likeness (QED) is 0.517. The van der Waals surface area contributed by atoms with E-state index in [2.05, 4.69) is 10.1 Å². The molecule has 0 saturated heterocycles. The first-order valence-corrected chi connectivity index (χ1v) is 8.19. The molecule has 0 radical (unpaired) electrons. The van der Waals surface area contributed by atoms with E-state index in [1.54, 1.807) is 24.3 Å². The van der Waals surface area contributed by atoms with Gasteiger partial charge in [-0.1, -0.05) is 17.7 Å². The number of carbonyl (C=O) groups is 2. The maximum atomic E-state index is 12.2. The highest BCUT2D eigenvalue weighted by Crippen LogP contribution is 2.17. The molecular weight excluding hydrogens is 384 g/mol. The summed E-state index contributed by atoms with van der Waals surface area (Å²) in [6, 6.07) is 11.8. The van der Waals surface area contributed by atoms with Crippen LogP contribution in [0.2, 0.25) is 5.02 Å². The molecule has 0 aliphatic rings. The molecule has 0 aromatic heterocycles. The molecule has 0 atom stereocenters. The number of ether oxygens (including phenoxy) is 3. The van der Waals surface area contributed by atoms with Crippen LogP contribution in [0.1, 0.15) is 10.4 Å². The van der Waals surface area contributed by atoms with Gasteiger partial charge in [0.25, 0.3) is 5.91 Å². The van der Waals surface area contributed by atoms with Gasteiger partial charge in [0.1, 0.15) is 18.1 Å². The molecule has 0 heterocycles. The SMILES string of the molecule is O=C(COC(=O)c1cccc(OC(F)F)c1)NCCOc1ccc(Cl)cc1. The van der Waals surface area contributed by atoms with E-state index in [0.29, 0.717) is 10.8 Å². The van der Waals surface area contributed by atoms with Gasteiger partial charge in [-0.15, -0.1) is 0 Å². The Labute approximate surface area is 159 Å². The number of hydrogen-bond donors (Lipinski definition) is 1. The van der Waals surface area contributed by atoms with Gasteiger partial charge in [0, 0.05) is 5.02 Å². The highest BCUT2D eigenvalue weighted by atomic mass is 35.5. The van der Waals surface area contributed by atoms with Crippen molar-refractivity contribution < 1.29 is 32.6 Å². The van der Waals surface area contributed by atoms with E-state index in [1.165, 1.54) is 18.2 Å². The predicted molar refractivity (Wildman–Crippen MR) is 93.3 cm³/mol. The van der Waals surface area contributed by atoms with Gasteiger partial charge in [-0.05, 0) is 42.5 Å². The van der Waals surface area contributed by atoms with Crippen LogP contribution < -0.4 is 14.8 Å². The molecule has 0 bridgehead atoms. The van der Waals surface area contributed by atoms with Crippen LogP contribution >= 0.6 is 11.6 Å². The average molecular weight is 400 g/mol. The van der Waals surface area contributed by atoms with E-state index in [4.69, 9.17) is 21.1 Å². The zero-order valence-electron chi connectivity index (χ0n) is 14.0. The molecule has 144 valence electrons. The summed E-state index contributed by atoms with van der Waals surface area (Å²) >= 11 is 5.76. The minimum absolute atomic E-state index is 0.00739. The second-order valence-electron chi connectivity index (χ2n) is 5.13. The summed E-state index contributed by atoms with van der Waals surface area (Å²) in [6.07, 6.45) is 0. The van der Waals surface area contributed by atoms with Crippen LogP contribution in [-0.4, -0.2) is 38.2 Å². The molecule has 6 nitrogen and oxygen atoms in total. The Hall–Kier alpha value is -2.87. The number of esters is 1. The van der Waals surface area contributed by atoms with Crippen molar-refractivity contribution in [2.45, 2.75) is 6.61 Å². The van der Waals surface area contributed by atoms with Gasteiger partial charge in [0.05, 0.1) is 12.1 Å². The van der Waals surface area contributed by atoms with Crippen LogP contribution in [0.15, 0.2) is 48.5 Å². The molecule has 0 spiro atoms. The highest BCUT2D eigenvalue weighted by molar-refractivity contribution is 6.30. The molecule has 0 fully saturated rings. The minimum atomic E-state index is -3.00. The predicted octanol–water partition coefficient (Wildman–Crippen LogP) is 3.29. The first kappa shape index (κ1) is 20.4. The Bertz CT molecular complexity index is 771. The average Bonchev–Trinajstić information content (AvgIpc) is 2.64. The van der Waals surface area contributed by atoms with Gasteiger partial charge in [0.15, 0.2) is 6.61 Å². The first-order valence-electron chi connectivity index (χ1n) is 7.81. The Morgan fingerprint density at radius 3 is 2.52 bits per heavy atom. The van der Waals surface area contributed by atoms with Gasteiger partial charge in [0.2, 0.25) is 0 Å². The molecule has 1 N–H and O–H groups in total. The lowest BCUT2D eigenvalue weighted by Gasteiger charge is -2.09. The summed E-state index contributed by atoms with van der Waals surface area (Å²) < 4.78 is 38.8. The maximum absolute atomic E-state index is 12.2. The van der Waals surface area contributed by atoms with E-state index in [0.717, 1.165) is 6.07 Å². The number of alkyl halides is 2. The third-order valence-corrected chi connectivity index (χ3v) is 3.39. The summed E-state index contributed by atoms with van der Waals surface area (Å²) in [6.45, 7) is -3.10. The Morgan fingerprint density at radius 2 is 1.81 bits per heavy atom. The van der Waals surface area contributed by atoms with Gasteiger partial charge in [-0.25, -0.2) is 4.79 Å². The minimum Gasteiger partial charge on any atom is -0.492 e. The molecule has 1 amide bonds. The van der Waals surface area contributed by atoms with Gasteiger partial charge >= 0.3 is 12.6 Å². The largest absolute Gasteiger partial charge is 0.492 e. The first-order chi connectivity index (χ1) is 12.9. The summed E-state index contributed by atoms with van der Waals surface area (Å²) in [5.74, 6) is -0.931. The number of carbonyl (C=O) groups excluding carboxylic acids is 2. The number of halogens is 3. The number of rotatable bonds is 9. The molecule has 0 aliphatic heterocycles. The molecule has 9 heteroatoms. The smallest absolute Gasteiger partial charge is 0.387 e. The standard InChI is InChI=1S/C18H16ClF2NO5/c19-13-4-6-14(7-5-13)25-9-8-22-16(23)11-26-17(24)12-2-1-3-15(10-12)27-18(20)21/h1-7,10,18H,8-9,11H2,(H,22,23). The monoisotopic (exact) mass is 399 g/mol. The maximum Gasteiger partial charge on any atom is 0.387 e. The fourth-order valence-electron chi connectivity index (χ4n) is 1.95. The Morgan fingerprint density at radius 1 is 1.07 bits per heavy atom. The van der Waals surface area contributed by atoms with Gasteiger partial charge < -0.3 is 19.5 Å². The van der Waals surface area contributed by atoms with Crippen LogP contribution in [0.3, 0.4) is 0 Å².